The molecule has 144 valence electrons. The van der Waals surface area contributed by atoms with E-state index in [0.29, 0.717) is 11.1 Å². The molecule has 7 nitrogen and oxygen atoms in total. The monoisotopic (exact) mass is 380 g/mol. The molecule has 2 aromatic carbocycles. The van der Waals surface area contributed by atoms with Crippen LogP contribution in [0.3, 0.4) is 0 Å². The molecule has 0 radical (unpaired) electrons. The predicted octanol–water partition coefficient (Wildman–Crippen LogP) is 4.25. The summed E-state index contributed by atoms with van der Waals surface area (Å²) in [6, 6.07) is 12.1. The third-order valence-electron chi connectivity index (χ3n) is 4.32. The Hall–Kier alpha value is -3.48. The van der Waals surface area contributed by atoms with Gasteiger partial charge in [-0.3, -0.25) is 10.1 Å². The summed E-state index contributed by atoms with van der Waals surface area (Å²) in [7, 11) is 1.36. The van der Waals surface area contributed by atoms with Gasteiger partial charge in [-0.15, -0.1) is 0 Å². The van der Waals surface area contributed by atoms with E-state index >= 15 is 0 Å². The molecule has 1 aliphatic rings. The standard InChI is InChI=1S/C21H20N2O5/c1-21(2,3)15-8-6-14(7-9-15)19-22-16(20(24)28-19)11-13-5-10-18(27-4)17(12-13)23(25)26/h5-12H,1-4H3/b16-11-. The largest absolute Gasteiger partial charge is 0.490 e. The molecule has 0 aliphatic carbocycles. The fraction of sp³-hybridized carbons (Fsp3) is 0.238. The van der Waals surface area contributed by atoms with E-state index < -0.39 is 10.9 Å². The predicted molar refractivity (Wildman–Crippen MR) is 105 cm³/mol. The average molecular weight is 380 g/mol. The van der Waals surface area contributed by atoms with Gasteiger partial charge in [-0.2, -0.15) is 0 Å². The highest BCUT2D eigenvalue weighted by Gasteiger charge is 2.25. The zero-order chi connectivity index (χ0) is 20.5. The molecule has 1 aliphatic heterocycles. The lowest BCUT2D eigenvalue weighted by atomic mass is 9.87. The summed E-state index contributed by atoms with van der Waals surface area (Å²) in [5, 5.41) is 11.2. The van der Waals surface area contributed by atoms with Crippen LogP contribution in [0.1, 0.15) is 37.5 Å². The van der Waals surface area contributed by atoms with Crippen molar-refractivity contribution in [3.8, 4) is 5.75 Å². The highest BCUT2D eigenvalue weighted by atomic mass is 16.6. The maximum Gasteiger partial charge on any atom is 0.363 e. The van der Waals surface area contributed by atoms with Gasteiger partial charge in [0.2, 0.25) is 5.90 Å². The quantitative estimate of drug-likeness (QED) is 0.342. The van der Waals surface area contributed by atoms with Crippen molar-refractivity contribution < 1.29 is 19.2 Å². The number of carbonyl (C=O) groups excluding carboxylic acids is 1. The van der Waals surface area contributed by atoms with Crippen LogP contribution in [0.4, 0.5) is 5.69 Å². The van der Waals surface area contributed by atoms with Crippen LogP contribution in [0.2, 0.25) is 0 Å². The summed E-state index contributed by atoms with van der Waals surface area (Å²) in [6.45, 7) is 6.35. The van der Waals surface area contributed by atoms with Crippen molar-refractivity contribution in [1.82, 2.24) is 0 Å². The summed E-state index contributed by atoms with van der Waals surface area (Å²) < 4.78 is 10.2. The Balaban J connectivity index is 1.92. The topological polar surface area (TPSA) is 91.0 Å². The van der Waals surface area contributed by atoms with Gasteiger partial charge in [0.1, 0.15) is 0 Å². The van der Waals surface area contributed by atoms with Gasteiger partial charge in [0, 0.05) is 11.6 Å². The lowest BCUT2D eigenvalue weighted by Crippen LogP contribution is -2.11. The first-order valence-corrected chi connectivity index (χ1v) is 8.65. The van der Waals surface area contributed by atoms with E-state index in [1.807, 2.05) is 24.3 Å². The Labute approximate surface area is 162 Å². The fourth-order valence-electron chi connectivity index (χ4n) is 2.74. The molecule has 3 rings (SSSR count). The van der Waals surface area contributed by atoms with E-state index in [1.54, 1.807) is 6.07 Å². The lowest BCUT2D eigenvalue weighted by Gasteiger charge is -2.18. The summed E-state index contributed by atoms with van der Waals surface area (Å²) in [4.78, 5) is 27.0. The van der Waals surface area contributed by atoms with Crippen molar-refractivity contribution in [2.75, 3.05) is 7.11 Å². The van der Waals surface area contributed by atoms with Crippen LogP contribution in [-0.4, -0.2) is 23.9 Å². The summed E-state index contributed by atoms with van der Waals surface area (Å²) >= 11 is 0. The Kier molecular flexibility index (Phi) is 5.00. The number of ether oxygens (including phenoxy) is 2. The van der Waals surface area contributed by atoms with Gasteiger partial charge in [-0.05, 0) is 40.8 Å². The summed E-state index contributed by atoms with van der Waals surface area (Å²) in [5.74, 6) is -0.252. The van der Waals surface area contributed by atoms with Crippen LogP contribution in [0.15, 0.2) is 53.2 Å². The molecule has 0 spiro atoms. The average Bonchev–Trinajstić information content (AvgIpc) is 3.01. The maximum atomic E-state index is 12.2. The zero-order valence-electron chi connectivity index (χ0n) is 16.1. The molecule has 0 N–H and O–H groups in total. The van der Waals surface area contributed by atoms with Crippen molar-refractivity contribution in [1.29, 1.82) is 0 Å². The summed E-state index contributed by atoms with van der Waals surface area (Å²) in [5.41, 5.74) is 2.20. The second-order valence-electron chi connectivity index (χ2n) is 7.35. The van der Waals surface area contributed by atoms with Gasteiger partial charge in [-0.25, -0.2) is 9.79 Å². The normalized spacial score (nSPS) is 15.4. The van der Waals surface area contributed by atoms with Gasteiger partial charge >= 0.3 is 11.7 Å². The van der Waals surface area contributed by atoms with Crippen LogP contribution in [0.5, 0.6) is 5.75 Å². The van der Waals surface area contributed by atoms with Crippen LogP contribution in [-0.2, 0) is 14.9 Å². The van der Waals surface area contributed by atoms with Gasteiger partial charge in [0.05, 0.1) is 12.0 Å². The minimum Gasteiger partial charge on any atom is -0.490 e. The molecular weight excluding hydrogens is 360 g/mol. The van der Waals surface area contributed by atoms with Crippen LogP contribution in [0.25, 0.3) is 6.08 Å². The van der Waals surface area contributed by atoms with Crippen LogP contribution in [0, 0.1) is 10.1 Å². The van der Waals surface area contributed by atoms with Crippen molar-refractivity contribution in [3.63, 3.8) is 0 Å². The van der Waals surface area contributed by atoms with E-state index in [4.69, 9.17) is 9.47 Å². The van der Waals surface area contributed by atoms with Gasteiger partial charge in [-0.1, -0.05) is 39.0 Å². The molecule has 0 fully saturated rings. The number of rotatable bonds is 4. The fourth-order valence-corrected chi connectivity index (χ4v) is 2.74. The van der Waals surface area contributed by atoms with Crippen LogP contribution < -0.4 is 4.74 Å². The number of hydrogen-bond donors (Lipinski definition) is 0. The first kappa shape index (κ1) is 19.3. The van der Waals surface area contributed by atoms with E-state index in [0.717, 1.165) is 5.56 Å². The maximum absolute atomic E-state index is 12.2. The molecule has 0 saturated carbocycles. The second kappa shape index (κ2) is 7.26. The molecule has 0 amide bonds. The van der Waals surface area contributed by atoms with E-state index in [9.17, 15) is 14.9 Å². The summed E-state index contributed by atoms with van der Waals surface area (Å²) in [6.07, 6.45) is 1.45. The number of nitrogens with zero attached hydrogens (tertiary/aromatic N) is 2. The van der Waals surface area contributed by atoms with E-state index in [-0.39, 0.29) is 28.4 Å². The number of cyclic esters (lactones) is 1. The number of methoxy groups -OCH3 is 1. The number of benzene rings is 2. The molecule has 0 unspecified atom stereocenters. The van der Waals surface area contributed by atoms with E-state index in [2.05, 4.69) is 25.8 Å². The highest BCUT2D eigenvalue weighted by molar-refractivity contribution is 6.12. The van der Waals surface area contributed by atoms with Crippen molar-refractivity contribution in [3.05, 3.63) is 75.0 Å². The van der Waals surface area contributed by atoms with Crippen LogP contribution >= 0.6 is 0 Å². The molecule has 0 aromatic heterocycles. The first-order chi connectivity index (χ1) is 13.2. The van der Waals surface area contributed by atoms with E-state index in [1.165, 1.54) is 25.3 Å². The van der Waals surface area contributed by atoms with Gasteiger partial charge in [0.15, 0.2) is 11.4 Å². The number of esters is 1. The van der Waals surface area contributed by atoms with Gasteiger partial charge < -0.3 is 9.47 Å². The Morgan fingerprint density at radius 1 is 1.14 bits per heavy atom. The Morgan fingerprint density at radius 3 is 2.39 bits per heavy atom. The zero-order valence-corrected chi connectivity index (χ0v) is 16.1. The molecule has 28 heavy (non-hydrogen) atoms. The second-order valence-corrected chi connectivity index (χ2v) is 7.35. The Morgan fingerprint density at radius 2 is 1.82 bits per heavy atom. The molecule has 2 aromatic rings. The number of nitro benzene ring substituents is 1. The SMILES string of the molecule is COc1ccc(/C=C2\N=C(c3ccc(C(C)(C)C)cc3)OC2=O)cc1[N+](=O)[O-]. The molecule has 7 heteroatoms. The Bertz CT molecular complexity index is 998. The number of hydrogen-bond acceptors (Lipinski definition) is 6. The first-order valence-electron chi connectivity index (χ1n) is 8.65. The molecule has 0 atom stereocenters. The minimum atomic E-state index is -0.603. The lowest BCUT2D eigenvalue weighted by molar-refractivity contribution is -0.385. The van der Waals surface area contributed by atoms with Gasteiger partial charge in [0.25, 0.3) is 0 Å². The highest BCUT2D eigenvalue weighted by Crippen LogP contribution is 2.29. The van der Waals surface area contributed by atoms with Crippen molar-refractivity contribution >= 4 is 23.6 Å². The number of carbonyl (C=O) groups is 1. The third kappa shape index (κ3) is 3.93. The smallest absolute Gasteiger partial charge is 0.363 e. The van der Waals surface area contributed by atoms with Crippen molar-refractivity contribution in [2.24, 2.45) is 4.99 Å². The van der Waals surface area contributed by atoms with Crippen molar-refractivity contribution in [2.45, 2.75) is 26.2 Å². The molecule has 0 saturated heterocycles. The molecular formula is C21H20N2O5. The molecule has 0 bridgehead atoms. The number of aliphatic imine (C=N–C) groups is 1. The molecule has 1 heterocycles. The minimum absolute atomic E-state index is 0.0147. The third-order valence-corrected chi connectivity index (χ3v) is 4.32. The number of nitro groups is 1.